The van der Waals surface area contributed by atoms with Crippen molar-refractivity contribution in [2.45, 2.75) is 56.6 Å². The van der Waals surface area contributed by atoms with Gasteiger partial charge in [-0.3, -0.25) is 5.10 Å². The molecule has 7 heteroatoms. The number of nitrogens with one attached hydrogen (secondary N) is 2. The number of aromatic nitrogens is 4. The lowest BCUT2D eigenvalue weighted by Gasteiger charge is -2.17. The van der Waals surface area contributed by atoms with E-state index in [1.165, 1.54) is 37.8 Å². The van der Waals surface area contributed by atoms with Crippen molar-refractivity contribution in [2.24, 2.45) is 5.92 Å². The summed E-state index contributed by atoms with van der Waals surface area (Å²) >= 11 is 4.53. The molecule has 1 aliphatic heterocycles. The third-order valence-corrected chi connectivity index (χ3v) is 5.75. The number of nitrogens with zero attached hydrogens (tertiary/aromatic N) is 4. The summed E-state index contributed by atoms with van der Waals surface area (Å²) in [7, 11) is 0. The van der Waals surface area contributed by atoms with Crippen LogP contribution in [0.2, 0.25) is 0 Å². The van der Waals surface area contributed by atoms with Gasteiger partial charge < -0.3 is 10.2 Å². The summed E-state index contributed by atoms with van der Waals surface area (Å²) in [5.74, 6) is 3.75. The van der Waals surface area contributed by atoms with Crippen LogP contribution in [0.15, 0.2) is 18.3 Å². The maximum absolute atomic E-state index is 4.70. The zero-order valence-electron chi connectivity index (χ0n) is 15.4. The van der Waals surface area contributed by atoms with E-state index in [-0.39, 0.29) is 0 Å². The summed E-state index contributed by atoms with van der Waals surface area (Å²) in [5, 5.41) is 11.4. The molecule has 0 aromatic carbocycles. The quantitative estimate of drug-likeness (QED) is 0.665. The summed E-state index contributed by atoms with van der Waals surface area (Å²) in [6.07, 6.45) is 9.34. The van der Waals surface area contributed by atoms with Crippen LogP contribution in [0, 0.1) is 5.92 Å². The molecule has 4 rings (SSSR count). The van der Waals surface area contributed by atoms with E-state index in [1.54, 1.807) is 0 Å². The van der Waals surface area contributed by atoms with E-state index in [1.807, 2.05) is 12.3 Å². The Bertz CT molecular complexity index is 724. The minimum absolute atomic E-state index is 0.447. The third kappa shape index (κ3) is 4.14. The Kier molecular flexibility index (Phi) is 5.33. The van der Waals surface area contributed by atoms with Gasteiger partial charge in [0.25, 0.3) is 0 Å². The molecular formula is C19H28N6S. The molecule has 0 spiro atoms. The highest BCUT2D eigenvalue weighted by Gasteiger charge is 2.25. The molecule has 26 heavy (non-hydrogen) atoms. The van der Waals surface area contributed by atoms with Gasteiger partial charge in [-0.05, 0) is 42.9 Å². The van der Waals surface area contributed by atoms with Crippen LogP contribution in [0.4, 0.5) is 17.6 Å². The van der Waals surface area contributed by atoms with Crippen molar-refractivity contribution in [3.8, 4) is 0 Å². The molecule has 0 amide bonds. The first-order valence-electron chi connectivity index (χ1n) is 9.76. The lowest BCUT2D eigenvalue weighted by Crippen LogP contribution is -2.22. The normalized spacial score (nSPS) is 22.1. The van der Waals surface area contributed by atoms with E-state index in [2.05, 4.69) is 51.0 Å². The first kappa shape index (κ1) is 17.6. The van der Waals surface area contributed by atoms with Crippen molar-refractivity contribution in [1.82, 2.24) is 20.2 Å². The maximum Gasteiger partial charge on any atom is 0.227 e. The summed E-state index contributed by atoms with van der Waals surface area (Å²) in [5.41, 5.74) is 1.24. The predicted octanol–water partition coefficient (Wildman–Crippen LogP) is 4.14. The van der Waals surface area contributed by atoms with Gasteiger partial charge in [-0.1, -0.05) is 19.8 Å². The minimum atomic E-state index is 0.447. The fourth-order valence-electron chi connectivity index (χ4n) is 4.24. The summed E-state index contributed by atoms with van der Waals surface area (Å²) in [6.45, 7) is 4.20. The molecule has 2 aliphatic rings. The highest BCUT2D eigenvalue weighted by Crippen LogP contribution is 2.34. The van der Waals surface area contributed by atoms with Gasteiger partial charge in [-0.15, -0.1) is 0 Å². The van der Waals surface area contributed by atoms with Gasteiger partial charge >= 0.3 is 0 Å². The number of anilines is 3. The molecule has 1 aliphatic carbocycles. The highest BCUT2D eigenvalue weighted by molar-refractivity contribution is 7.80. The smallest absolute Gasteiger partial charge is 0.227 e. The molecule has 2 fully saturated rings. The van der Waals surface area contributed by atoms with Crippen LogP contribution < -0.4 is 10.2 Å². The molecule has 1 saturated carbocycles. The molecule has 2 aromatic heterocycles. The molecule has 0 bridgehead atoms. The monoisotopic (exact) mass is 372 g/mol. The molecular weight excluding hydrogens is 344 g/mol. The fraction of sp³-hybridized carbons (Fsp3) is 0.632. The van der Waals surface area contributed by atoms with Gasteiger partial charge in [0.1, 0.15) is 5.82 Å². The van der Waals surface area contributed by atoms with E-state index < -0.39 is 0 Å². The van der Waals surface area contributed by atoms with E-state index >= 15 is 0 Å². The average Bonchev–Trinajstić information content (AvgIpc) is 3.36. The van der Waals surface area contributed by atoms with Crippen molar-refractivity contribution in [3.05, 3.63) is 24.0 Å². The van der Waals surface area contributed by atoms with Crippen LogP contribution in [0.1, 0.15) is 57.1 Å². The second-order valence-electron chi connectivity index (χ2n) is 7.74. The first-order chi connectivity index (χ1) is 12.7. The number of thiol groups is 1. The van der Waals surface area contributed by atoms with Gasteiger partial charge in [-0.25, -0.2) is 4.98 Å². The zero-order chi connectivity index (χ0) is 17.9. The van der Waals surface area contributed by atoms with E-state index in [9.17, 15) is 0 Å². The summed E-state index contributed by atoms with van der Waals surface area (Å²) in [6, 6.07) is 4.02. The molecule has 1 saturated heterocycles. The van der Waals surface area contributed by atoms with Gasteiger partial charge in [0.15, 0.2) is 5.82 Å². The Labute approximate surface area is 160 Å². The van der Waals surface area contributed by atoms with Crippen LogP contribution in [0.5, 0.6) is 0 Å². The van der Waals surface area contributed by atoms with Crippen LogP contribution in [-0.2, 0) is 0 Å². The van der Waals surface area contributed by atoms with E-state index in [0.29, 0.717) is 17.1 Å². The molecule has 0 radical (unpaired) electrons. The topological polar surface area (TPSA) is 69.7 Å². The Balaban J connectivity index is 1.40. The summed E-state index contributed by atoms with van der Waals surface area (Å²) < 4.78 is 0. The number of rotatable bonds is 6. The number of aromatic amines is 1. The second kappa shape index (κ2) is 7.86. The first-order valence-corrected chi connectivity index (χ1v) is 10.3. The predicted molar refractivity (Wildman–Crippen MR) is 108 cm³/mol. The molecule has 140 valence electrons. The average molecular weight is 373 g/mol. The molecule has 2 unspecified atom stereocenters. The SMILES string of the molecule is CC(S)CC1CCN(c2nccc(Nc3cc(C4CCCC4)[nH]n3)n2)C1. The van der Waals surface area contributed by atoms with Gasteiger partial charge in [0, 0.05) is 37.0 Å². The second-order valence-corrected chi connectivity index (χ2v) is 8.62. The standard InChI is InChI=1S/C19H28N6S/c1-13(26)10-14-7-9-25(12-14)19-20-8-6-17(22-19)21-18-11-16(23-24-18)15-4-2-3-5-15/h6,8,11,13-15,26H,2-5,7,9-10,12H2,1H3,(H2,20,21,22,23,24). The van der Waals surface area contributed by atoms with Gasteiger partial charge in [0.2, 0.25) is 5.95 Å². The van der Waals surface area contributed by atoms with Crippen LogP contribution in [0.3, 0.4) is 0 Å². The number of H-pyrrole nitrogens is 1. The number of hydrogen-bond donors (Lipinski definition) is 3. The zero-order valence-corrected chi connectivity index (χ0v) is 16.3. The molecule has 2 N–H and O–H groups in total. The maximum atomic E-state index is 4.70. The lowest BCUT2D eigenvalue weighted by molar-refractivity contribution is 0.537. The van der Waals surface area contributed by atoms with Crippen molar-refractivity contribution < 1.29 is 0 Å². The largest absolute Gasteiger partial charge is 0.340 e. The van der Waals surface area contributed by atoms with Gasteiger partial charge in [-0.2, -0.15) is 22.7 Å². The Morgan fingerprint density at radius 3 is 2.96 bits per heavy atom. The molecule has 6 nitrogen and oxygen atoms in total. The highest BCUT2D eigenvalue weighted by atomic mass is 32.1. The lowest BCUT2D eigenvalue weighted by atomic mass is 10.0. The third-order valence-electron chi connectivity index (χ3n) is 5.53. The van der Waals surface area contributed by atoms with Crippen LogP contribution in [-0.4, -0.2) is 38.5 Å². The van der Waals surface area contributed by atoms with Crippen molar-refractivity contribution >= 4 is 30.2 Å². The Morgan fingerprint density at radius 2 is 2.15 bits per heavy atom. The minimum Gasteiger partial charge on any atom is -0.340 e. The number of hydrogen-bond acceptors (Lipinski definition) is 6. The van der Waals surface area contributed by atoms with Crippen molar-refractivity contribution in [1.29, 1.82) is 0 Å². The van der Waals surface area contributed by atoms with Crippen LogP contribution in [0.25, 0.3) is 0 Å². The van der Waals surface area contributed by atoms with Crippen molar-refractivity contribution in [3.63, 3.8) is 0 Å². The Hall–Kier alpha value is -1.76. The molecule has 2 aromatic rings. The fourth-order valence-corrected chi connectivity index (χ4v) is 4.54. The van der Waals surface area contributed by atoms with E-state index in [0.717, 1.165) is 37.1 Å². The molecule has 3 heterocycles. The summed E-state index contributed by atoms with van der Waals surface area (Å²) in [4.78, 5) is 11.5. The van der Waals surface area contributed by atoms with E-state index in [4.69, 9.17) is 4.98 Å². The van der Waals surface area contributed by atoms with Gasteiger partial charge in [0.05, 0.1) is 0 Å². The van der Waals surface area contributed by atoms with Crippen LogP contribution >= 0.6 is 12.6 Å². The van der Waals surface area contributed by atoms with Crippen molar-refractivity contribution in [2.75, 3.05) is 23.3 Å². The molecule has 2 atom stereocenters. The Morgan fingerprint density at radius 1 is 1.31 bits per heavy atom.